The Balaban J connectivity index is 1.68. The lowest BCUT2D eigenvalue weighted by Gasteiger charge is -2.22. The van der Waals surface area contributed by atoms with Crippen LogP contribution in [0.25, 0.3) is 0 Å². The van der Waals surface area contributed by atoms with Gasteiger partial charge in [-0.1, -0.05) is 0 Å². The first-order chi connectivity index (χ1) is 7.36. The Kier molecular flexibility index (Phi) is 3.80. The van der Waals surface area contributed by atoms with Crippen LogP contribution in [0.5, 0.6) is 0 Å². The van der Waals surface area contributed by atoms with Crippen LogP contribution in [-0.4, -0.2) is 24.3 Å². The molecule has 1 aliphatic heterocycles. The smallest absolute Gasteiger partial charge is 0.0506 e. The first-order valence-corrected chi connectivity index (χ1v) is 5.75. The van der Waals surface area contributed by atoms with Gasteiger partial charge in [-0.25, -0.2) is 0 Å². The Morgan fingerprint density at radius 2 is 2.53 bits per heavy atom. The van der Waals surface area contributed by atoms with E-state index in [0.717, 1.165) is 26.3 Å². The predicted molar refractivity (Wildman–Crippen MR) is 60.7 cm³/mol. The van der Waals surface area contributed by atoms with Gasteiger partial charge in [-0.3, -0.25) is 0 Å². The van der Waals surface area contributed by atoms with Crippen LogP contribution in [0.15, 0.2) is 18.3 Å². The molecule has 1 N–H and O–H groups in total. The van der Waals surface area contributed by atoms with E-state index in [9.17, 15) is 0 Å². The maximum absolute atomic E-state index is 5.45. The minimum atomic E-state index is 0.707. The third kappa shape index (κ3) is 3.08. The van der Waals surface area contributed by atoms with Gasteiger partial charge in [0.05, 0.1) is 6.61 Å². The van der Waals surface area contributed by atoms with Crippen molar-refractivity contribution in [3.05, 3.63) is 24.0 Å². The van der Waals surface area contributed by atoms with E-state index in [2.05, 4.69) is 35.3 Å². The Labute approximate surface area is 91.4 Å². The summed E-state index contributed by atoms with van der Waals surface area (Å²) in [5, 5.41) is 3.50. The largest absolute Gasteiger partial charge is 0.381 e. The van der Waals surface area contributed by atoms with E-state index in [1.807, 2.05) is 0 Å². The van der Waals surface area contributed by atoms with E-state index in [-0.39, 0.29) is 0 Å². The maximum atomic E-state index is 5.45. The number of aromatic nitrogens is 1. The van der Waals surface area contributed by atoms with Crippen LogP contribution in [0, 0.1) is 5.92 Å². The summed E-state index contributed by atoms with van der Waals surface area (Å²) in [4.78, 5) is 0. The van der Waals surface area contributed by atoms with Crippen molar-refractivity contribution in [2.45, 2.75) is 19.4 Å². The molecule has 3 heteroatoms. The summed E-state index contributed by atoms with van der Waals surface area (Å²) in [5.74, 6) is 0.707. The van der Waals surface area contributed by atoms with Crippen LogP contribution in [0.4, 0.5) is 0 Å². The molecule has 1 aliphatic rings. The lowest BCUT2D eigenvalue weighted by atomic mass is 10.0. The summed E-state index contributed by atoms with van der Waals surface area (Å²) >= 11 is 0. The average Bonchev–Trinajstić information content (AvgIpc) is 2.66. The minimum absolute atomic E-state index is 0.707. The van der Waals surface area contributed by atoms with E-state index in [0.29, 0.717) is 5.92 Å². The highest BCUT2D eigenvalue weighted by Gasteiger charge is 2.12. The first-order valence-electron chi connectivity index (χ1n) is 5.75. The molecular weight excluding hydrogens is 188 g/mol. The van der Waals surface area contributed by atoms with Crippen molar-refractivity contribution in [1.82, 2.24) is 9.88 Å². The second-order valence-electron chi connectivity index (χ2n) is 4.32. The molecule has 0 radical (unpaired) electrons. The number of rotatable bonds is 4. The molecule has 0 amide bonds. The van der Waals surface area contributed by atoms with Gasteiger partial charge in [0.1, 0.15) is 0 Å². The summed E-state index contributed by atoms with van der Waals surface area (Å²) in [6, 6.07) is 4.24. The highest BCUT2D eigenvalue weighted by Crippen LogP contribution is 2.12. The van der Waals surface area contributed by atoms with Gasteiger partial charge in [0.25, 0.3) is 0 Å². The van der Waals surface area contributed by atoms with Gasteiger partial charge >= 0.3 is 0 Å². The van der Waals surface area contributed by atoms with Crippen LogP contribution in [0.2, 0.25) is 0 Å². The fraction of sp³-hybridized carbons (Fsp3) is 0.667. The molecule has 0 saturated carbocycles. The lowest BCUT2D eigenvalue weighted by Crippen LogP contribution is -2.29. The molecule has 2 heterocycles. The summed E-state index contributed by atoms with van der Waals surface area (Å²) in [6.07, 6.45) is 4.61. The minimum Gasteiger partial charge on any atom is -0.381 e. The van der Waals surface area contributed by atoms with E-state index >= 15 is 0 Å². The van der Waals surface area contributed by atoms with Crippen molar-refractivity contribution in [1.29, 1.82) is 0 Å². The molecular formula is C12H20N2O. The molecule has 15 heavy (non-hydrogen) atoms. The fourth-order valence-electron chi connectivity index (χ4n) is 2.05. The van der Waals surface area contributed by atoms with Gasteiger partial charge in [0, 0.05) is 38.6 Å². The van der Waals surface area contributed by atoms with Gasteiger partial charge in [0.15, 0.2) is 0 Å². The maximum Gasteiger partial charge on any atom is 0.0506 e. The summed E-state index contributed by atoms with van der Waals surface area (Å²) < 4.78 is 7.61. The average molecular weight is 208 g/mol. The normalized spacial score (nSPS) is 21.8. The highest BCUT2D eigenvalue weighted by atomic mass is 16.5. The van der Waals surface area contributed by atoms with Crippen molar-refractivity contribution in [2.75, 3.05) is 19.8 Å². The monoisotopic (exact) mass is 208 g/mol. The molecule has 0 aromatic carbocycles. The van der Waals surface area contributed by atoms with Crippen LogP contribution in [0.3, 0.4) is 0 Å². The lowest BCUT2D eigenvalue weighted by molar-refractivity contribution is 0.0547. The van der Waals surface area contributed by atoms with Gasteiger partial charge in [0.2, 0.25) is 0 Å². The fourth-order valence-corrected chi connectivity index (χ4v) is 2.05. The molecule has 1 fully saturated rings. The molecule has 3 nitrogen and oxygen atoms in total. The molecule has 2 rings (SSSR count). The van der Waals surface area contributed by atoms with Crippen LogP contribution in [0.1, 0.15) is 18.5 Å². The molecule has 1 aromatic heterocycles. The van der Waals surface area contributed by atoms with Gasteiger partial charge in [-0.05, 0) is 30.9 Å². The molecule has 0 aliphatic carbocycles. The molecule has 0 spiro atoms. The summed E-state index contributed by atoms with van der Waals surface area (Å²) in [7, 11) is 2.08. The molecule has 1 saturated heterocycles. The van der Waals surface area contributed by atoms with Crippen molar-refractivity contribution in [3.63, 3.8) is 0 Å². The highest BCUT2D eigenvalue weighted by molar-refractivity contribution is 5.05. The van der Waals surface area contributed by atoms with Gasteiger partial charge in [-0.15, -0.1) is 0 Å². The number of ether oxygens (including phenoxy) is 1. The molecule has 1 unspecified atom stereocenters. The standard InChI is InChI=1S/C12H20N2O/c1-14-6-2-5-12(14)9-13-8-11-4-3-7-15-10-11/h2,5-6,11,13H,3-4,7-10H2,1H3. The van der Waals surface area contributed by atoms with Crippen molar-refractivity contribution in [3.8, 4) is 0 Å². The van der Waals surface area contributed by atoms with Gasteiger partial charge in [-0.2, -0.15) is 0 Å². The SMILES string of the molecule is Cn1cccc1CNCC1CCCOC1. The first kappa shape index (κ1) is 10.7. The van der Waals surface area contributed by atoms with Crippen LogP contribution in [-0.2, 0) is 18.3 Å². The molecule has 84 valence electrons. The Hall–Kier alpha value is -0.800. The predicted octanol–water partition coefficient (Wildman–Crippen LogP) is 1.54. The number of aryl methyl sites for hydroxylation is 1. The zero-order valence-corrected chi connectivity index (χ0v) is 9.41. The van der Waals surface area contributed by atoms with Crippen LogP contribution < -0.4 is 5.32 Å². The number of hydrogen-bond acceptors (Lipinski definition) is 2. The van der Waals surface area contributed by atoms with Gasteiger partial charge < -0.3 is 14.6 Å². The summed E-state index contributed by atoms with van der Waals surface area (Å²) in [5.41, 5.74) is 1.34. The second kappa shape index (κ2) is 5.33. The Morgan fingerprint density at radius 1 is 1.60 bits per heavy atom. The number of hydrogen-bond donors (Lipinski definition) is 1. The van der Waals surface area contributed by atoms with E-state index in [4.69, 9.17) is 4.74 Å². The second-order valence-corrected chi connectivity index (χ2v) is 4.32. The molecule has 1 atom stereocenters. The molecule has 1 aromatic rings. The van der Waals surface area contributed by atoms with Crippen molar-refractivity contribution < 1.29 is 4.74 Å². The van der Waals surface area contributed by atoms with Crippen molar-refractivity contribution in [2.24, 2.45) is 13.0 Å². The molecule has 0 bridgehead atoms. The third-order valence-electron chi connectivity index (χ3n) is 3.05. The van der Waals surface area contributed by atoms with Crippen LogP contribution >= 0.6 is 0 Å². The Morgan fingerprint density at radius 3 is 3.20 bits per heavy atom. The number of nitrogens with zero attached hydrogens (tertiary/aromatic N) is 1. The zero-order valence-electron chi connectivity index (χ0n) is 9.41. The Bertz CT molecular complexity index is 290. The number of nitrogens with one attached hydrogen (secondary N) is 1. The third-order valence-corrected chi connectivity index (χ3v) is 3.05. The van der Waals surface area contributed by atoms with E-state index in [1.54, 1.807) is 0 Å². The van der Waals surface area contributed by atoms with Crippen molar-refractivity contribution >= 4 is 0 Å². The van der Waals surface area contributed by atoms with E-state index in [1.165, 1.54) is 18.5 Å². The topological polar surface area (TPSA) is 26.2 Å². The quantitative estimate of drug-likeness (QED) is 0.812. The zero-order chi connectivity index (χ0) is 10.5. The van der Waals surface area contributed by atoms with E-state index < -0.39 is 0 Å². The summed E-state index contributed by atoms with van der Waals surface area (Å²) in [6.45, 7) is 3.92.